The minimum atomic E-state index is -1.68. The van der Waals surface area contributed by atoms with Crippen LogP contribution in [0.25, 0.3) is 0 Å². The van der Waals surface area contributed by atoms with E-state index in [4.69, 9.17) is 9.68 Å². The molecule has 21 heavy (non-hydrogen) atoms. The summed E-state index contributed by atoms with van der Waals surface area (Å²) in [6.07, 6.45) is 0. The van der Waals surface area contributed by atoms with E-state index in [1.54, 1.807) is 0 Å². The van der Waals surface area contributed by atoms with Crippen molar-refractivity contribution in [3.05, 3.63) is 60.7 Å². The summed E-state index contributed by atoms with van der Waals surface area (Å²) in [6.45, 7) is 0. The molecule has 2 atom stereocenters. The molecule has 0 aromatic heterocycles. The second-order valence-electron chi connectivity index (χ2n) is 3.97. The average molecular weight is 341 g/mol. The molecule has 1 aliphatic heterocycles. The van der Waals surface area contributed by atoms with E-state index in [1.165, 1.54) is 9.21 Å². The van der Waals surface area contributed by atoms with Crippen molar-refractivity contribution in [2.75, 3.05) is 0 Å². The van der Waals surface area contributed by atoms with Gasteiger partial charge in [-0.3, -0.25) is 0 Å². The van der Waals surface area contributed by atoms with Crippen molar-refractivity contribution in [1.29, 1.82) is 0 Å². The molecule has 2 aromatic rings. The highest BCUT2D eigenvalue weighted by atomic mass is 31.2. The van der Waals surface area contributed by atoms with Gasteiger partial charge in [0, 0.05) is 0 Å². The van der Waals surface area contributed by atoms with Crippen molar-refractivity contribution in [1.82, 2.24) is 14.1 Å². The molecule has 0 radical (unpaired) electrons. The van der Waals surface area contributed by atoms with Gasteiger partial charge in [-0.15, -0.1) is 0 Å². The third kappa shape index (κ3) is 4.09. The SMILES string of the molecule is OP1N(Oc2ccccc2)PNPN1Oc1ccccc1. The molecule has 1 heterocycles. The highest BCUT2D eigenvalue weighted by Gasteiger charge is 2.33. The summed E-state index contributed by atoms with van der Waals surface area (Å²) in [4.78, 5) is 24.9. The van der Waals surface area contributed by atoms with Crippen molar-refractivity contribution in [3.63, 3.8) is 0 Å². The highest BCUT2D eigenvalue weighted by molar-refractivity contribution is 7.69. The lowest BCUT2D eigenvalue weighted by Gasteiger charge is -2.36. The number of hydrogen-bond donors (Lipinski definition) is 2. The number of hydrogen-bond acceptors (Lipinski definition) is 6. The summed E-state index contributed by atoms with van der Waals surface area (Å²) in [5, 5.41) is 0. The second kappa shape index (κ2) is 7.44. The molecule has 2 aromatic carbocycles. The van der Waals surface area contributed by atoms with E-state index in [0.29, 0.717) is 11.5 Å². The molecule has 0 saturated carbocycles. The maximum Gasteiger partial charge on any atom is 0.265 e. The van der Waals surface area contributed by atoms with Gasteiger partial charge in [0.1, 0.15) is 11.5 Å². The van der Waals surface area contributed by atoms with E-state index >= 15 is 0 Å². The van der Waals surface area contributed by atoms with E-state index in [9.17, 15) is 4.89 Å². The normalized spacial score (nSPS) is 22.4. The molecule has 1 saturated heterocycles. The van der Waals surface area contributed by atoms with E-state index in [-0.39, 0.29) is 17.8 Å². The summed E-state index contributed by atoms with van der Waals surface area (Å²) < 4.78 is 3.01. The molecule has 6 nitrogen and oxygen atoms in total. The first kappa shape index (κ1) is 15.1. The van der Waals surface area contributed by atoms with Gasteiger partial charge in [-0.1, -0.05) is 36.4 Å². The third-order valence-electron chi connectivity index (χ3n) is 2.50. The maximum atomic E-state index is 10.4. The van der Waals surface area contributed by atoms with Crippen LogP contribution in [-0.2, 0) is 0 Å². The third-order valence-corrected chi connectivity index (χ3v) is 6.44. The van der Waals surface area contributed by atoms with Crippen molar-refractivity contribution in [3.8, 4) is 11.5 Å². The van der Waals surface area contributed by atoms with Crippen LogP contribution in [0.4, 0.5) is 0 Å². The van der Waals surface area contributed by atoms with Gasteiger partial charge in [-0.2, -0.15) is 0 Å². The van der Waals surface area contributed by atoms with Gasteiger partial charge < -0.3 is 14.6 Å². The molecule has 1 fully saturated rings. The lowest BCUT2D eigenvalue weighted by atomic mass is 10.3. The van der Waals surface area contributed by atoms with E-state index in [0.717, 1.165) is 0 Å². The van der Waals surface area contributed by atoms with Gasteiger partial charge in [0.05, 0.1) is 17.8 Å². The fourth-order valence-electron chi connectivity index (χ4n) is 1.56. The molecule has 1 aliphatic rings. The maximum absolute atomic E-state index is 10.4. The van der Waals surface area contributed by atoms with Crippen molar-refractivity contribution >= 4 is 26.2 Å². The van der Waals surface area contributed by atoms with Crippen molar-refractivity contribution < 1.29 is 14.6 Å². The Labute approximate surface area is 127 Å². The Bertz CT molecular complexity index is 514. The summed E-state index contributed by atoms with van der Waals surface area (Å²) in [5.41, 5.74) is 0. The molecule has 2 N–H and O–H groups in total. The predicted octanol–water partition coefficient (Wildman–Crippen LogP) is 3.42. The van der Waals surface area contributed by atoms with E-state index in [1.807, 2.05) is 60.7 Å². The van der Waals surface area contributed by atoms with Gasteiger partial charge in [0.2, 0.25) is 0 Å². The summed E-state index contributed by atoms with van der Waals surface area (Å²) in [7, 11) is -1.33. The standard InChI is InChI=1S/C12H14N3O3P3/c16-21-14(17-11-7-3-1-4-8-11)19-13-20-15(21)18-12-9-5-2-6-10-12/h1-10,13,16,19-20H. The molecular formula is C12H14N3O3P3. The van der Waals surface area contributed by atoms with Crippen LogP contribution in [-0.4, -0.2) is 14.1 Å². The lowest BCUT2D eigenvalue weighted by Crippen LogP contribution is -2.30. The minimum Gasteiger partial charge on any atom is -0.394 e. The lowest BCUT2D eigenvalue weighted by molar-refractivity contribution is 0.0733. The largest absolute Gasteiger partial charge is 0.394 e. The first-order valence-corrected chi connectivity index (χ1v) is 9.24. The smallest absolute Gasteiger partial charge is 0.265 e. The van der Waals surface area contributed by atoms with E-state index < -0.39 is 8.45 Å². The molecule has 3 rings (SSSR count). The van der Waals surface area contributed by atoms with Crippen LogP contribution in [0.5, 0.6) is 11.5 Å². The number of para-hydroxylation sites is 2. The van der Waals surface area contributed by atoms with Crippen LogP contribution in [0, 0.1) is 0 Å². The molecule has 0 aliphatic carbocycles. The Hall–Kier alpha value is -0.830. The molecule has 0 amide bonds. The molecule has 0 spiro atoms. The van der Waals surface area contributed by atoms with Crippen LogP contribution >= 0.6 is 26.2 Å². The number of nitrogens with zero attached hydrogens (tertiary/aromatic N) is 2. The quantitative estimate of drug-likeness (QED) is 0.831. The summed E-state index contributed by atoms with van der Waals surface area (Å²) in [5.74, 6) is 1.36. The summed E-state index contributed by atoms with van der Waals surface area (Å²) in [6, 6.07) is 18.7. The van der Waals surface area contributed by atoms with Crippen LogP contribution < -0.4 is 14.5 Å². The van der Waals surface area contributed by atoms with Crippen LogP contribution in [0.2, 0.25) is 0 Å². The number of nitrogens with one attached hydrogen (secondary N) is 1. The highest BCUT2D eigenvalue weighted by Crippen LogP contribution is 2.56. The monoisotopic (exact) mass is 341 g/mol. The Kier molecular flexibility index (Phi) is 5.34. The first-order valence-electron chi connectivity index (χ1n) is 6.14. The Morgan fingerprint density at radius 2 is 1.24 bits per heavy atom. The molecule has 0 bridgehead atoms. The fraction of sp³-hybridized carbons (Fsp3) is 0. The zero-order valence-electron chi connectivity index (χ0n) is 10.9. The first-order chi connectivity index (χ1) is 10.3. The van der Waals surface area contributed by atoms with Crippen molar-refractivity contribution in [2.45, 2.75) is 0 Å². The van der Waals surface area contributed by atoms with Crippen LogP contribution in [0.1, 0.15) is 0 Å². The topological polar surface area (TPSA) is 57.2 Å². The van der Waals surface area contributed by atoms with Crippen LogP contribution in [0.3, 0.4) is 0 Å². The fourth-order valence-corrected chi connectivity index (χ4v) is 5.69. The van der Waals surface area contributed by atoms with Crippen molar-refractivity contribution in [2.24, 2.45) is 0 Å². The minimum absolute atomic E-state index is 0.176. The van der Waals surface area contributed by atoms with Gasteiger partial charge in [-0.25, -0.2) is 4.86 Å². The van der Waals surface area contributed by atoms with Gasteiger partial charge in [0.15, 0.2) is 0 Å². The van der Waals surface area contributed by atoms with Gasteiger partial charge in [0.25, 0.3) is 8.45 Å². The number of rotatable bonds is 4. The van der Waals surface area contributed by atoms with Gasteiger partial charge >= 0.3 is 0 Å². The summed E-state index contributed by atoms with van der Waals surface area (Å²) >= 11 is 0. The van der Waals surface area contributed by atoms with Crippen LogP contribution in [0.15, 0.2) is 60.7 Å². The second-order valence-corrected chi connectivity index (χ2v) is 8.25. The Balaban J connectivity index is 1.64. The molecule has 2 unspecified atom stereocenters. The Morgan fingerprint density at radius 1 is 0.810 bits per heavy atom. The average Bonchev–Trinajstić information content (AvgIpc) is 2.53. The van der Waals surface area contributed by atoms with E-state index in [2.05, 4.69) is 4.86 Å². The zero-order chi connectivity index (χ0) is 14.5. The predicted molar refractivity (Wildman–Crippen MR) is 86.7 cm³/mol. The zero-order valence-corrected chi connectivity index (χ0v) is 13.8. The molecular weight excluding hydrogens is 327 g/mol. The number of benzene rings is 2. The Morgan fingerprint density at radius 3 is 1.67 bits per heavy atom. The molecule has 110 valence electrons. The molecule has 9 heteroatoms. The van der Waals surface area contributed by atoms with Gasteiger partial charge in [-0.05, 0) is 33.5 Å².